The Labute approximate surface area is 124 Å². The average Bonchev–Trinajstić information content (AvgIpc) is 2.53. The number of rotatable bonds is 5. The summed E-state index contributed by atoms with van der Waals surface area (Å²) in [5.74, 6) is 0.419. The first kappa shape index (κ1) is 15.3. The molecule has 1 aliphatic rings. The Morgan fingerprint density at radius 3 is 3.24 bits per heavy atom. The number of amides is 1. The van der Waals surface area contributed by atoms with Gasteiger partial charge in [0.15, 0.2) is 0 Å². The van der Waals surface area contributed by atoms with Crippen molar-refractivity contribution in [2.45, 2.75) is 25.9 Å². The van der Waals surface area contributed by atoms with Crippen LogP contribution in [0.25, 0.3) is 0 Å². The number of nitriles is 1. The average molecular weight is 289 g/mol. The van der Waals surface area contributed by atoms with Crippen LogP contribution < -0.4 is 4.74 Å². The predicted molar refractivity (Wildman–Crippen MR) is 75.7 cm³/mol. The number of ether oxygens (including phenoxy) is 2. The minimum absolute atomic E-state index is 0.0103. The normalized spacial score (nSPS) is 18.1. The minimum Gasteiger partial charge on any atom is -0.472 e. The molecule has 0 N–H and O–H groups in total. The van der Waals surface area contributed by atoms with Gasteiger partial charge < -0.3 is 14.4 Å². The smallest absolute Gasteiger partial charge is 0.248 e. The Morgan fingerprint density at radius 1 is 1.62 bits per heavy atom. The maximum atomic E-state index is 11.9. The fourth-order valence-corrected chi connectivity index (χ4v) is 2.26. The van der Waals surface area contributed by atoms with Crippen LogP contribution in [0.2, 0.25) is 0 Å². The molecule has 6 nitrogen and oxygen atoms in total. The molecule has 1 saturated heterocycles. The van der Waals surface area contributed by atoms with Gasteiger partial charge in [-0.3, -0.25) is 4.79 Å². The predicted octanol–water partition coefficient (Wildman–Crippen LogP) is 1.36. The molecule has 6 heteroatoms. The summed E-state index contributed by atoms with van der Waals surface area (Å²) in [5.41, 5.74) is 0.514. The van der Waals surface area contributed by atoms with Gasteiger partial charge in [-0.2, -0.15) is 5.26 Å². The molecule has 0 aliphatic carbocycles. The fourth-order valence-electron chi connectivity index (χ4n) is 2.26. The Bertz CT molecular complexity index is 527. The highest BCUT2D eigenvalue weighted by Gasteiger charge is 2.25. The van der Waals surface area contributed by atoms with Gasteiger partial charge in [-0.05, 0) is 25.8 Å². The lowest BCUT2D eigenvalue weighted by Gasteiger charge is -2.32. The molecule has 1 amide bonds. The maximum absolute atomic E-state index is 11.9. The Kier molecular flexibility index (Phi) is 5.52. The number of likely N-dealkylation sites (tertiary alicyclic amines) is 1. The first-order chi connectivity index (χ1) is 10.2. The van der Waals surface area contributed by atoms with E-state index in [1.807, 2.05) is 6.92 Å². The van der Waals surface area contributed by atoms with Gasteiger partial charge in [0.05, 0.1) is 18.2 Å². The van der Waals surface area contributed by atoms with Crippen molar-refractivity contribution in [3.8, 4) is 11.9 Å². The first-order valence-corrected chi connectivity index (χ1v) is 7.11. The molecule has 0 aromatic carbocycles. The quantitative estimate of drug-likeness (QED) is 0.818. The molecule has 1 aliphatic heterocycles. The number of piperidine rings is 1. The summed E-state index contributed by atoms with van der Waals surface area (Å²) in [6.45, 7) is 3.78. The van der Waals surface area contributed by atoms with E-state index in [1.54, 1.807) is 23.2 Å². The van der Waals surface area contributed by atoms with Gasteiger partial charge in [0, 0.05) is 25.4 Å². The van der Waals surface area contributed by atoms with E-state index in [4.69, 9.17) is 14.7 Å². The van der Waals surface area contributed by atoms with E-state index in [9.17, 15) is 4.79 Å². The van der Waals surface area contributed by atoms with E-state index in [1.165, 1.54) is 0 Å². The highest BCUT2D eigenvalue weighted by Crippen LogP contribution is 2.17. The van der Waals surface area contributed by atoms with Crippen LogP contribution in [0.4, 0.5) is 0 Å². The Balaban J connectivity index is 1.91. The molecule has 0 bridgehead atoms. The Morgan fingerprint density at radius 2 is 2.48 bits per heavy atom. The molecule has 2 rings (SSSR count). The van der Waals surface area contributed by atoms with Crippen LogP contribution in [-0.2, 0) is 9.53 Å². The topological polar surface area (TPSA) is 75.4 Å². The second-order valence-electron chi connectivity index (χ2n) is 4.85. The molecule has 0 saturated carbocycles. The van der Waals surface area contributed by atoms with Crippen molar-refractivity contribution in [3.05, 3.63) is 23.9 Å². The van der Waals surface area contributed by atoms with Gasteiger partial charge in [0.1, 0.15) is 12.7 Å². The summed E-state index contributed by atoms with van der Waals surface area (Å²) in [4.78, 5) is 17.8. The monoisotopic (exact) mass is 289 g/mol. The van der Waals surface area contributed by atoms with Gasteiger partial charge in [-0.15, -0.1) is 0 Å². The van der Waals surface area contributed by atoms with Crippen molar-refractivity contribution in [2.75, 3.05) is 26.3 Å². The molecule has 1 aromatic heterocycles. The van der Waals surface area contributed by atoms with Crippen molar-refractivity contribution < 1.29 is 14.3 Å². The number of hydrogen-bond donors (Lipinski definition) is 0. The maximum Gasteiger partial charge on any atom is 0.248 e. The fraction of sp³-hybridized carbons (Fsp3) is 0.533. The number of carbonyl (C=O) groups excluding carboxylic acids is 1. The van der Waals surface area contributed by atoms with E-state index >= 15 is 0 Å². The zero-order chi connectivity index (χ0) is 15.1. The zero-order valence-electron chi connectivity index (χ0n) is 12.1. The van der Waals surface area contributed by atoms with Crippen molar-refractivity contribution in [2.24, 2.45) is 0 Å². The van der Waals surface area contributed by atoms with Crippen molar-refractivity contribution in [1.82, 2.24) is 9.88 Å². The van der Waals surface area contributed by atoms with Crippen molar-refractivity contribution in [3.63, 3.8) is 0 Å². The number of carbonyl (C=O) groups is 1. The van der Waals surface area contributed by atoms with E-state index in [0.717, 1.165) is 19.4 Å². The number of nitrogens with zero attached hydrogens (tertiary/aromatic N) is 3. The van der Waals surface area contributed by atoms with E-state index in [2.05, 4.69) is 11.1 Å². The lowest BCUT2D eigenvalue weighted by atomic mass is 10.1. The van der Waals surface area contributed by atoms with Crippen LogP contribution in [0, 0.1) is 11.3 Å². The first-order valence-electron chi connectivity index (χ1n) is 7.11. The SMILES string of the molecule is CCOCC(=O)N1CCCC(Oc2cc(C#N)ccn2)C1. The number of aromatic nitrogens is 1. The Hall–Kier alpha value is -2.13. The summed E-state index contributed by atoms with van der Waals surface area (Å²) < 4.78 is 10.9. The van der Waals surface area contributed by atoms with E-state index in [-0.39, 0.29) is 18.6 Å². The third kappa shape index (κ3) is 4.43. The lowest BCUT2D eigenvalue weighted by Crippen LogP contribution is -2.45. The third-order valence-electron chi connectivity index (χ3n) is 3.31. The van der Waals surface area contributed by atoms with Gasteiger partial charge in [-0.1, -0.05) is 0 Å². The van der Waals surface area contributed by atoms with Gasteiger partial charge >= 0.3 is 0 Å². The van der Waals surface area contributed by atoms with Crippen LogP contribution in [-0.4, -0.2) is 48.2 Å². The standard InChI is InChI=1S/C15H19N3O3/c1-2-20-11-15(19)18-7-3-4-13(10-18)21-14-8-12(9-16)5-6-17-14/h5-6,8,13H,2-4,7,10-11H2,1H3. The molecule has 1 aromatic rings. The summed E-state index contributed by atoms with van der Waals surface area (Å²) in [6.07, 6.45) is 3.22. The second-order valence-corrected chi connectivity index (χ2v) is 4.85. The summed E-state index contributed by atoms with van der Waals surface area (Å²) in [5, 5.41) is 8.87. The molecule has 0 radical (unpaired) electrons. The lowest BCUT2D eigenvalue weighted by molar-refractivity contribution is -0.138. The van der Waals surface area contributed by atoms with Crippen LogP contribution in [0.15, 0.2) is 18.3 Å². The summed E-state index contributed by atoms with van der Waals surface area (Å²) in [7, 11) is 0. The molecule has 2 heterocycles. The summed E-state index contributed by atoms with van der Waals surface area (Å²) in [6, 6.07) is 5.30. The summed E-state index contributed by atoms with van der Waals surface area (Å²) >= 11 is 0. The third-order valence-corrected chi connectivity index (χ3v) is 3.31. The van der Waals surface area contributed by atoms with Crippen LogP contribution in [0.1, 0.15) is 25.3 Å². The van der Waals surface area contributed by atoms with Gasteiger partial charge in [-0.25, -0.2) is 4.98 Å². The van der Waals surface area contributed by atoms with Crippen molar-refractivity contribution in [1.29, 1.82) is 5.26 Å². The largest absolute Gasteiger partial charge is 0.472 e. The minimum atomic E-state index is -0.0919. The highest BCUT2D eigenvalue weighted by atomic mass is 16.5. The number of hydrogen-bond acceptors (Lipinski definition) is 5. The molecule has 1 fully saturated rings. The van der Waals surface area contributed by atoms with E-state index in [0.29, 0.717) is 24.6 Å². The van der Waals surface area contributed by atoms with E-state index < -0.39 is 0 Å². The molecule has 1 unspecified atom stereocenters. The number of pyridine rings is 1. The molecular weight excluding hydrogens is 270 g/mol. The molecular formula is C15H19N3O3. The molecule has 0 spiro atoms. The zero-order valence-corrected chi connectivity index (χ0v) is 12.1. The second kappa shape index (κ2) is 7.60. The van der Waals surface area contributed by atoms with Crippen molar-refractivity contribution >= 4 is 5.91 Å². The highest BCUT2D eigenvalue weighted by molar-refractivity contribution is 5.77. The molecule has 112 valence electrons. The molecule has 1 atom stereocenters. The van der Waals surface area contributed by atoms with Crippen LogP contribution in [0.3, 0.4) is 0 Å². The van der Waals surface area contributed by atoms with Gasteiger partial charge in [0.2, 0.25) is 11.8 Å². The van der Waals surface area contributed by atoms with Gasteiger partial charge in [0.25, 0.3) is 0 Å². The van der Waals surface area contributed by atoms with Crippen LogP contribution in [0.5, 0.6) is 5.88 Å². The van der Waals surface area contributed by atoms with Crippen LogP contribution >= 0.6 is 0 Å². The molecule has 21 heavy (non-hydrogen) atoms.